The van der Waals surface area contributed by atoms with Crippen molar-refractivity contribution in [3.63, 3.8) is 0 Å². The van der Waals surface area contributed by atoms with E-state index in [0.717, 1.165) is 50.4 Å². The average molecular weight is 457 g/mol. The molecule has 1 N–H and O–H groups in total. The van der Waals surface area contributed by atoms with Crippen LogP contribution in [0.1, 0.15) is 25.8 Å². The molecule has 0 aromatic heterocycles. The summed E-state index contributed by atoms with van der Waals surface area (Å²) in [6, 6.07) is 15.5. The third kappa shape index (κ3) is 4.98. The first-order chi connectivity index (χ1) is 15.3. The van der Waals surface area contributed by atoms with Gasteiger partial charge in [0.1, 0.15) is 0 Å². The summed E-state index contributed by atoms with van der Waals surface area (Å²) in [5.74, 6) is -0.0189. The molecule has 0 aliphatic carbocycles. The van der Waals surface area contributed by atoms with Crippen molar-refractivity contribution in [3.05, 3.63) is 54.1 Å². The smallest absolute Gasteiger partial charge is 0.240 e. The average Bonchev–Trinajstić information content (AvgIpc) is 3.13. The fourth-order valence-electron chi connectivity index (χ4n) is 4.72. The van der Waals surface area contributed by atoms with Crippen LogP contribution in [0.2, 0.25) is 0 Å². The highest BCUT2D eigenvalue weighted by Crippen LogP contribution is 2.33. The number of para-hydroxylation sites is 1. The Morgan fingerprint density at radius 1 is 1.06 bits per heavy atom. The molecule has 4 rings (SSSR count). The summed E-state index contributed by atoms with van der Waals surface area (Å²) in [4.78, 5) is 18.7. The van der Waals surface area contributed by atoms with E-state index in [-0.39, 0.29) is 16.8 Å². The topological polar surface area (TPSA) is 73.0 Å². The van der Waals surface area contributed by atoms with E-state index in [1.54, 1.807) is 30.0 Å². The summed E-state index contributed by atoms with van der Waals surface area (Å²) in [5.41, 5.74) is 2.99. The van der Waals surface area contributed by atoms with E-state index in [0.29, 0.717) is 13.0 Å². The van der Waals surface area contributed by atoms with Gasteiger partial charge >= 0.3 is 0 Å². The number of sulfonamides is 1. The van der Waals surface area contributed by atoms with Crippen LogP contribution in [-0.4, -0.2) is 64.5 Å². The van der Waals surface area contributed by atoms with Crippen molar-refractivity contribution < 1.29 is 13.2 Å². The van der Waals surface area contributed by atoms with Crippen molar-refractivity contribution in [2.75, 3.05) is 49.1 Å². The van der Waals surface area contributed by atoms with Gasteiger partial charge in [-0.25, -0.2) is 13.1 Å². The predicted octanol–water partition coefficient (Wildman–Crippen LogP) is 2.47. The molecule has 2 heterocycles. The van der Waals surface area contributed by atoms with Gasteiger partial charge in [0.25, 0.3) is 0 Å². The van der Waals surface area contributed by atoms with E-state index >= 15 is 0 Å². The second kappa shape index (κ2) is 9.60. The summed E-state index contributed by atoms with van der Waals surface area (Å²) < 4.78 is 28.3. The monoisotopic (exact) mass is 456 g/mol. The quantitative estimate of drug-likeness (QED) is 0.648. The first-order valence-corrected chi connectivity index (χ1v) is 12.8. The van der Waals surface area contributed by atoms with E-state index in [4.69, 9.17) is 0 Å². The normalized spacial score (nSPS) is 19.2. The molecular weight excluding hydrogens is 424 g/mol. The molecule has 0 bridgehead atoms. The zero-order chi connectivity index (χ0) is 22.7. The number of amides is 1. The van der Waals surface area contributed by atoms with Gasteiger partial charge < -0.3 is 9.80 Å². The van der Waals surface area contributed by atoms with Gasteiger partial charge in [0.15, 0.2) is 0 Å². The third-order valence-electron chi connectivity index (χ3n) is 6.35. The molecule has 1 fully saturated rings. The highest BCUT2D eigenvalue weighted by Gasteiger charge is 2.30. The molecule has 1 saturated heterocycles. The van der Waals surface area contributed by atoms with Crippen molar-refractivity contribution in [2.45, 2.75) is 37.6 Å². The van der Waals surface area contributed by atoms with Crippen molar-refractivity contribution in [1.82, 2.24) is 9.62 Å². The maximum atomic E-state index is 12.8. The fourth-order valence-corrected chi connectivity index (χ4v) is 5.84. The summed E-state index contributed by atoms with van der Waals surface area (Å²) in [5, 5.41) is 0. The summed E-state index contributed by atoms with van der Waals surface area (Å²) >= 11 is 0. The van der Waals surface area contributed by atoms with Crippen molar-refractivity contribution in [3.8, 4) is 0 Å². The molecule has 7 nitrogen and oxygen atoms in total. The number of nitrogens with one attached hydrogen (secondary N) is 1. The Balaban J connectivity index is 1.25. The van der Waals surface area contributed by atoms with Crippen molar-refractivity contribution >= 4 is 27.3 Å². The Bertz CT molecular complexity index is 1050. The number of nitrogens with zero attached hydrogens (tertiary/aromatic N) is 3. The zero-order valence-electron chi connectivity index (χ0n) is 18.8. The maximum Gasteiger partial charge on any atom is 0.240 e. The van der Waals surface area contributed by atoms with Gasteiger partial charge in [0.05, 0.1) is 4.90 Å². The molecular formula is C24H32N4O3S. The standard InChI is InChI=1S/C24H32N4O3S/c1-19-17-21-18-23(9-10-24(21)28(19)20(2)29)32(30,31)25-11-6-12-26-13-15-27(16-14-26)22-7-4-3-5-8-22/h3-5,7-10,18-19,25H,6,11-17H2,1-2H3. The third-order valence-corrected chi connectivity index (χ3v) is 7.81. The van der Waals surface area contributed by atoms with Crippen LogP contribution >= 0.6 is 0 Å². The predicted molar refractivity (Wildman–Crippen MR) is 128 cm³/mol. The number of rotatable bonds is 7. The van der Waals surface area contributed by atoms with Crippen LogP contribution in [-0.2, 0) is 21.2 Å². The molecule has 2 aliphatic rings. The minimum absolute atomic E-state index is 0.0189. The van der Waals surface area contributed by atoms with Crippen LogP contribution in [0.4, 0.5) is 11.4 Å². The number of anilines is 2. The van der Waals surface area contributed by atoms with Gasteiger partial charge in [-0.3, -0.25) is 9.69 Å². The molecule has 1 amide bonds. The molecule has 1 atom stereocenters. The highest BCUT2D eigenvalue weighted by atomic mass is 32.2. The Morgan fingerprint density at radius 3 is 2.47 bits per heavy atom. The van der Waals surface area contributed by atoms with Crippen LogP contribution in [0.25, 0.3) is 0 Å². The maximum absolute atomic E-state index is 12.8. The Labute approximate surface area is 191 Å². The van der Waals surface area contributed by atoms with E-state index in [1.807, 2.05) is 13.0 Å². The van der Waals surface area contributed by atoms with E-state index in [2.05, 4.69) is 38.8 Å². The fraction of sp³-hybridized carbons (Fsp3) is 0.458. The molecule has 0 radical (unpaired) electrons. The van der Waals surface area contributed by atoms with Crippen LogP contribution in [0.5, 0.6) is 0 Å². The molecule has 8 heteroatoms. The molecule has 0 saturated carbocycles. The second-order valence-electron chi connectivity index (χ2n) is 8.65. The lowest BCUT2D eigenvalue weighted by molar-refractivity contribution is -0.116. The second-order valence-corrected chi connectivity index (χ2v) is 10.4. The van der Waals surface area contributed by atoms with Crippen LogP contribution in [0.15, 0.2) is 53.4 Å². The first-order valence-electron chi connectivity index (χ1n) is 11.3. The molecule has 0 spiro atoms. The van der Waals surface area contributed by atoms with Crippen molar-refractivity contribution in [1.29, 1.82) is 0 Å². The molecule has 2 aromatic carbocycles. The summed E-state index contributed by atoms with van der Waals surface area (Å²) in [6.07, 6.45) is 1.44. The van der Waals surface area contributed by atoms with Crippen LogP contribution in [0.3, 0.4) is 0 Å². The Kier molecular flexibility index (Phi) is 6.83. The molecule has 172 valence electrons. The Hall–Kier alpha value is -2.42. The van der Waals surface area contributed by atoms with E-state index < -0.39 is 10.0 Å². The SMILES string of the molecule is CC(=O)N1c2ccc(S(=O)(=O)NCCCN3CCN(c4ccccc4)CC3)cc2CC1C. The molecule has 1 unspecified atom stereocenters. The summed E-state index contributed by atoms with van der Waals surface area (Å²) in [7, 11) is -3.57. The van der Waals surface area contributed by atoms with Gasteiger partial charge in [-0.2, -0.15) is 0 Å². The van der Waals surface area contributed by atoms with Gasteiger partial charge in [-0.1, -0.05) is 18.2 Å². The van der Waals surface area contributed by atoms with E-state index in [1.165, 1.54) is 5.69 Å². The lowest BCUT2D eigenvalue weighted by Crippen LogP contribution is -2.47. The lowest BCUT2D eigenvalue weighted by Gasteiger charge is -2.36. The number of carbonyl (C=O) groups is 1. The molecule has 32 heavy (non-hydrogen) atoms. The number of fused-ring (bicyclic) bond motifs is 1. The van der Waals surface area contributed by atoms with Gasteiger partial charge in [-0.15, -0.1) is 0 Å². The minimum atomic E-state index is -3.57. The largest absolute Gasteiger partial charge is 0.369 e. The van der Waals surface area contributed by atoms with Crippen molar-refractivity contribution in [2.24, 2.45) is 0 Å². The molecule has 2 aliphatic heterocycles. The lowest BCUT2D eigenvalue weighted by atomic mass is 10.1. The van der Waals surface area contributed by atoms with Gasteiger partial charge in [0, 0.05) is 57.1 Å². The van der Waals surface area contributed by atoms with Gasteiger partial charge in [-0.05, 0) is 62.2 Å². The van der Waals surface area contributed by atoms with Crippen LogP contribution in [0, 0.1) is 0 Å². The number of hydrogen-bond donors (Lipinski definition) is 1. The number of piperazine rings is 1. The first kappa shape index (κ1) is 22.8. The number of benzene rings is 2. The molecule has 2 aromatic rings. The van der Waals surface area contributed by atoms with E-state index in [9.17, 15) is 13.2 Å². The Morgan fingerprint density at radius 2 is 1.78 bits per heavy atom. The van der Waals surface area contributed by atoms with Crippen LogP contribution < -0.4 is 14.5 Å². The minimum Gasteiger partial charge on any atom is -0.369 e. The van der Waals surface area contributed by atoms with Gasteiger partial charge in [0.2, 0.25) is 15.9 Å². The summed E-state index contributed by atoms with van der Waals surface area (Å²) in [6.45, 7) is 8.75. The highest BCUT2D eigenvalue weighted by molar-refractivity contribution is 7.89. The zero-order valence-corrected chi connectivity index (χ0v) is 19.6. The number of carbonyl (C=O) groups excluding carboxylic acids is 1. The number of hydrogen-bond acceptors (Lipinski definition) is 5.